The van der Waals surface area contributed by atoms with E-state index in [1.54, 1.807) is 0 Å². The molecule has 0 bridgehead atoms. The number of nitrogen functional groups attached to an aromatic ring is 1. The van der Waals surface area contributed by atoms with Gasteiger partial charge in [-0.3, -0.25) is 9.69 Å². The SMILES string of the molecule is CCc1cccc(C(=O)c2sc(Nc3ccc(OC4CCCN(CC)C4)cc3)nc2N)c1. The Morgan fingerprint density at radius 1 is 1.25 bits per heavy atom. The number of nitrogens with one attached hydrogen (secondary N) is 1. The van der Waals surface area contributed by atoms with Crippen LogP contribution in [-0.4, -0.2) is 41.4 Å². The van der Waals surface area contributed by atoms with Crippen molar-refractivity contribution in [3.05, 3.63) is 64.5 Å². The zero-order valence-corrected chi connectivity index (χ0v) is 19.5. The Morgan fingerprint density at radius 2 is 2.06 bits per heavy atom. The van der Waals surface area contributed by atoms with Gasteiger partial charge in [0.1, 0.15) is 22.5 Å². The number of benzene rings is 2. The highest BCUT2D eigenvalue weighted by Crippen LogP contribution is 2.30. The molecule has 1 saturated heterocycles. The predicted octanol–water partition coefficient (Wildman–Crippen LogP) is 5.13. The van der Waals surface area contributed by atoms with Crippen molar-refractivity contribution in [3.63, 3.8) is 0 Å². The fourth-order valence-electron chi connectivity index (χ4n) is 3.94. The van der Waals surface area contributed by atoms with Gasteiger partial charge < -0.3 is 15.8 Å². The lowest BCUT2D eigenvalue weighted by Crippen LogP contribution is -2.40. The fourth-order valence-corrected chi connectivity index (χ4v) is 4.81. The summed E-state index contributed by atoms with van der Waals surface area (Å²) in [5, 5.41) is 3.85. The molecule has 7 heteroatoms. The first-order valence-electron chi connectivity index (χ1n) is 11.2. The van der Waals surface area contributed by atoms with Crippen LogP contribution in [0.5, 0.6) is 5.75 Å². The summed E-state index contributed by atoms with van der Waals surface area (Å²) in [5.74, 6) is 1.02. The molecule has 0 aliphatic carbocycles. The molecule has 1 aromatic heterocycles. The van der Waals surface area contributed by atoms with Crippen molar-refractivity contribution in [2.24, 2.45) is 0 Å². The van der Waals surface area contributed by atoms with E-state index in [9.17, 15) is 4.79 Å². The van der Waals surface area contributed by atoms with E-state index in [2.05, 4.69) is 29.0 Å². The maximum absolute atomic E-state index is 12.9. The lowest BCUT2D eigenvalue weighted by atomic mass is 10.1. The van der Waals surface area contributed by atoms with Crippen LogP contribution in [0, 0.1) is 0 Å². The Labute approximate surface area is 193 Å². The molecule has 4 rings (SSSR count). The number of ketones is 1. The Balaban J connectivity index is 1.41. The van der Waals surface area contributed by atoms with Gasteiger partial charge in [-0.1, -0.05) is 43.4 Å². The maximum atomic E-state index is 12.9. The van der Waals surface area contributed by atoms with Gasteiger partial charge in [0.2, 0.25) is 5.78 Å². The minimum absolute atomic E-state index is 0.0966. The zero-order chi connectivity index (χ0) is 22.5. The summed E-state index contributed by atoms with van der Waals surface area (Å²) in [7, 11) is 0. The van der Waals surface area contributed by atoms with Gasteiger partial charge in [0.05, 0.1) is 0 Å². The third kappa shape index (κ3) is 5.29. The second kappa shape index (κ2) is 10.1. The van der Waals surface area contributed by atoms with Crippen molar-refractivity contribution in [2.45, 2.75) is 39.2 Å². The van der Waals surface area contributed by atoms with Crippen molar-refractivity contribution in [1.82, 2.24) is 9.88 Å². The zero-order valence-electron chi connectivity index (χ0n) is 18.6. The number of rotatable bonds is 8. The quantitative estimate of drug-likeness (QED) is 0.463. The largest absolute Gasteiger partial charge is 0.489 e. The Bertz CT molecular complexity index is 1060. The Hall–Kier alpha value is -2.90. The van der Waals surface area contributed by atoms with E-state index >= 15 is 0 Å². The van der Waals surface area contributed by atoms with Crippen LogP contribution in [0.2, 0.25) is 0 Å². The number of piperidine rings is 1. The third-order valence-corrected chi connectivity index (χ3v) is 6.76. The van der Waals surface area contributed by atoms with Gasteiger partial charge >= 0.3 is 0 Å². The van der Waals surface area contributed by atoms with Gasteiger partial charge in [-0.2, -0.15) is 0 Å². The number of carbonyl (C=O) groups is 1. The van der Waals surface area contributed by atoms with E-state index in [4.69, 9.17) is 10.5 Å². The topological polar surface area (TPSA) is 80.5 Å². The predicted molar refractivity (Wildman–Crippen MR) is 131 cm³/mol. The molecule has 0 saturated carbocycles. The van der Waals surface area contributed by atoms with Crippen molar-refractivity contribution in [2.75, 3.05) is 30.7 Å². The minimum Gasteiger partial charge on any atom is -0.489 e. The summed E-state index contributed by atoms with van der Waals surface area (Å²) >= 11 is 1.27. The molecule has 0 spiro atoms. The number of nitrogens with two attached hydrogens (primary N) is 1. The van der Waals surface area contributed by atoms with Crippen molar-refractivity contribution >= 4 is 33.8 Å². The van der Waals surface area contributed by atoms with E-state index in [-0.39, 0.29) is 17.7 Å². The summed E-state index contributed by atoms with van der Waals surface area (Å²) in [4.78, 5) is 20.2. The highest BCUT2D eigenvalue weighted by atomic mass is 32.1. The number of thiazole rings is 1. The van der Waals surface area contributed by atoms with Crippen LogP contribution in [0.1, 0.15) is 47.5 Å². The number of anilines is 3. The summed E-state index contributed by atoms with van der Waals surface area (Å²) in [5.41, 5.74) is 8.70. The normalized spacial score (nSPS) is 16.6. The molecule has 2 aromatic carbocycles. The van der Waals surface area contributed by atoms with E-state index in [0.29, 0.717) is 15.6 Å². The monoisotopic (exact) mass is 450 g/mol. The van der Waals surface area contributed by atoms with E-state index in [1.165, 1.54) is 17.8 Å². The molecule has 32 heavy (non-hydrogen) atoms. The second-order valence-electron chi connectivity index (χ2n) is 8.04. The van der Waals surface area contributed by atoms with Gasteiger partial charge in [-0.15, -0.1) is 0 Å². The second-order valence-corrected chi connectivity index (χ2v) is 9.04. The van der Waals surface area contributed by atoms with E-state index < -0.39 is 0 Å². The van der Waals surface area contributed by atoms with Crippen LogP contribution < -0.4 is 15.8 Å². The number of hydrogen-bond donors (Lipinski definition) is 2. The number of likely N-dealkylation sites (tertiary alicyclic amines) is 1. The number of likely N-dealkylation sites (N-methyl/N-ethyl adjacent to an activating group) is 1. The number of aryl methyl sites for hydroxylation is 1. The van der Waals surface area contributed by atoms with Crippen LogP contribution in [0.15, 0.2) is 48.5 Å². The van der Waals surface area contributed by atoms with Crippen molar-refractivity contribution < 1.29 is 9.53 Å². The molecule has 1 unspecified atom stereocenters. The average molecular weight is 451 g/mol. The van der Waals surface area contributed by atoms with Crippen molar-refractivity contribution in [1.29, 1.82) is 0 Å². The maximum Gasteiger partial charge on any atom is 0.206 e. The van der Waals surface area contributed by atoms with Crippen molar-refractivity contribution in [3.8, 4) is 5.75 Å². The highest BCUT2D eigenvalue weighted by molar-refractivity contribution is 7.18. The Morgan fingerprint density at radius 3 is 2.81 bits per heavy atom. The summed E-state index contributed by atoms with van der Waals surface area (Å²) < 4.78 is 6.17. The molecule has 168 valence electrons. The number of hydrogen-bond acceptors (Lipinski definition) is 7. The van der Waals surface area contributed by atoms with Gasteiger partial charge in [0.25, 0.3) is 0 Å². The fraction of sp³-hybridized carbons (Fsp3) is 0.360. The summed E-state index contributed by atoms with van der Waals surface area (Å²) in [6.45, 7) is 7.46. The molecule has 2 heterocycles. The Kier molecular flexibility index (Phi) is 7.07. The van der Waals surface area contributed by atoms with Gasteiger partial charge in [-0.25, -0.2) is 4.98 Å². The van der Waals surface area contributed by atoms with Crippen LogP contribution in [0.25, 0.3) is 0 Å². The first-order valence-corrected chi connectivity index (χ1v) is 12.0. The average Bonchev–Trinajstić information content (AvgIpc) is 3.19. The van der Waals surface area contributed by atoms with Gasteiger partial charge in [0, 0.05) is 17.8 Å². The van der Waals surface area contributed by atoms with E-state index in [0.717, 1.165) is 49.5 Å². The minimum atomic E-state index is -0.0966. The molecule has 0 amide bonds. The lowest BCUT2D eigenvalue weighted by Gasteiger charge is -2.32. The molecule has 1 fully saturated rings. The molecule has 0 radical (unpaired) electrons. The molecule has 6 nitrogen and oxygen atoms in total. The molecule has 3 aromatic rings. The first-order chi connectivity index (χ1) is 15.6. The molecule has 1 aliphatic rings. The number of carbonyl (C=O) groups excluding carboxylic acids is 1. The van der Waals surface area contributed by atoms with Gasteiger partial charge in [-0.05, 0) is 68.2 Å². The molecular formula is C25H30N4O2S. The van der Waals surface area contributed by atoms with Gasteiger partial charge in [0.15, 0.2) is 5.13 Å². The first kappa shape index (κ1) is 22.3. The van der Waals surface area contributed by atoms with Crippen LogP contribution in [0.4, 0.5) is 16.6 Å². The standard InChI is InChI=1S/C25H30N4O2S/c1-3-17-7-5-8-18(15-17)22(30)23-24(26)28-25(32-23)27-19-10-12-20(13-11-19)31-21-9-6-14-29(4-2)16-21/h5,7-8,10-13,15,21H,3-4,6,9,14,16,26H2,1-2H3,(H,27,28). The highest BCUT2D eigenvalue weighted by Gasteiger charge is 2.20. The number of nitrogens with zero attached hydrogens (tertiary/aromatic N) is 2. The smallest absolute Gasteiger partial charge is 0.206 e. The summed E-state index contributed by atoms with van der Waals surface area (Å²) in [6, 6.07) is 15.5. The molecular weight excluding hydrogens is 420 g/mol. The molecule has 1 atom stereocenters. The van der Waals surface area contributed by atoms with Crippen LogP contribution in [-0.2, 0) is 6.42 Å². The van der Waals surface area contributed by atoms with Crippen LogP contribution >= 0.6 is 11.3 Å². The lowest BCUT2D eigenvalue weighted by molar-refractivity contribution is 0.0920. The number of ether oxygens (including phenoxy) is 1. The van der Waals surface area contributed by atoms with Crippen LogP contribution in [0.3, 0.4) is 0 Å². The third-order valence-electron chi connectivity index (χ3n) is 5.77. The molecule has 1 aliphatic heterocycles. The number of aromatic nitrogens is 1. The molecule has 3 N–H and O–H groups in total. The van der Waals surface area contributed by atoms with E-state index in [1.807, 2.05) is 48.5 Å². The summed E-state index contributed by atoms with van der Waals surface area (Å²) in [6.07, 6.45) is 3.38.